The fourth-order valence-electron chi connectivity index (χ4n) is 4.21. The van der Waals surface area contributed by atoms with Crippen molar-refractivity contribution in [3.8, 4) is 11.5 Å². The lowest BCUT2D eigenvalue weighted by molar-refractivity contribution is -0.145. The molecule has 1 aromatic rings. The van der Waals surface area contributed by atoms with Gasteiger partial charge in [-0.05, 0) is 64.2 Å². The third kappa shape index (κ3) is 5.18. The molecular formula is C23H33NO6. The van der Waals surface area contributed by atoms with Gasteiger partial charge in [0.05, 0.1) is 26.2 Å². The Morgan fingerprint density at radius 2 is 1.73 bits per heavy atom. The normalized spacial score (nSPS) is 22.1. The highest BCUT2D eigenvalue weighted by Gasteiger charge is 2.42. The van der Waals surface area contributed by atoms with Crippen molar-refractivity contribution >= 4 is 12.1 Å². The third-order valence-electron chi connectivity index (χ3n) is 5.69. The molecule has 2 fully saturated rings. The molecule has 0 radical (unpaired) electrons. The Balaban J connectivity index is 1.85. The third-order valence-corrected chi connectivity index (χ3v) is 5.69. The van der Waals surface area contributed by atoms with Gasteiger partial charge in [0.1, 0.15) is 5.60 Å². The second-order valence-corrected chi connectivity index (χ2v) is 9.06. The number of rotatable bonds is 5. The first kappa shape index (κ1) is 22.2. The van der Waals surface area contributed by atoms with Crippen molar-refractivity contribution in [1.29, 1.82) is 0 Å². The second-order valence-electron chi connectivity index (χ2n) is 9.06. The molecule has 1 aliphatic carbocycles. The van der Waals surface area contributed by atoms with Gasteiger partial charge >= 0.3 is 12.1 Å². The first-order chi connectivity index (χ1) is 14.2. The van der Waals surface area contributed by atoms with Crippen LogP contribution in [0.25, 0.3) is 0 Å². The van der Waals surface area contributed by atoms with Crippen LogP contribution in [0.15, 0.2) is 18.2 Å². The maximum absolute atomic E-state index is 12.6. The summed E-state index contributed by atoms with van der Waals surface area (Å²) in [6, 6.07) is 5.74. The molecule has 2 atom stereocenters. The predicted octanol–water partition coefficient (Wildman–Crippen LogP) is 4.14. The fraction of sp³-hybridized carbons (Fsp3) is 0.652. The summed E-state index contributed by atoms with van der Waals surface area (Å²) in [7, 11) is 2.99. The summed E-state index contributed by atoms with van der Waals surface area (Å²) in [5.74, 6) is 0.348. The van der Waals surface area contributed by atoms with E-state index in [1.807, 2.05) is 39.0 Å². The molecule has 7 heteroatoms. The molecule has 3 rings (SSSR count). The van der Waals surface area contributed by atoms with E-state index in [1.54, 1.807) is 12.0 Å². The number of hydrogen-bond acceptors (Lipinski definition) is 6. The first-order valence-electron chi connectivity index (χ1n) is 10.6. The van der Waals surface area contributed by atoms with Gasteiger partial charge in [-0.25, -0.2) is 4.79 Å². The number of esters is 1. The number of methoxy groups -OCH3 is 2. The van der Waals surface area contributed by atoms with Crippen LogP contribution in [0.4, 0.5) is 4.79 Å². The van der Waals surface area contributed by atoms with Crippen LogP contribution in [0.3, 0.4) is 0 Å². The molecule has 1 aromatic carbocycles. The van der Waals surface area contributed by atoms with Crippen LogP contribution in [-0.2, 0) is 14.3 Å². The lowest BCUT2D eigenvalue weighted by Crippen LogP contribution is -2.36. The summed E-state index contributed by atoms with van der Waals surface area (Å²) in [6.45, 7) is 6.12. The number of hydrogen-bond donors (Lipinski definition) is 0. The molecule has 0 bridgehead atoms. The minimum Gasteiger partial charge on any atom is -0.493 e. The van der Waals surface area contributed by atoms with Crippen molar-refractivity contribution in [2.24, 2.45) is 5.92 Å². The van der Waals surface area contributed by atoms with E-state index in [0.29, 0.717) is 18.0 Å². The monoisotopic (exact) mass is 419 g/mol. The van der Waals surface area contributed by atoms with Crippen molar-refractivity contribution < 1.29 is 28.5 Å². The molecule has 7 nitrogen and oxygen atoms in total. The predicted molar refractivity (Wildman–Crippen MR) is 112 cm³/mol. The number of carbonyl (C=O) groups is 2. The molecule has 1 saturated heterocycles. The highest BCUT2D eigenvalue weighted by molar-refractivity contribution is 5.77. The van der Waals surface area contributed by atoms with E-state index in [9.17, 15) is 9.59 Å². The molecule has 2 aliphatic rings. The molecular weight excluding hydrogens is 386 g/mol. The van der Waals surface area contributed by atoms with Gasteiger partial charge in [0.2, 0.25) is 0 Å². The Morgan fingerprint density at radius 1 is 1.03 bits per heavy atom. The van der Waals surface area contributed by atoms with E-state index in [4.69, 9.17) is 18.9 Å². The van der Waals surface area contributed by atoms with Crippen LogP contribution in [-0.4, -0.2) is 56.0 Å². The minimum absolute atomic E-state index is 0.187. The van der Waals surface area contributed by atoms with E-state index in [2.05, 4.69) is 0 Å². The molecule has 0 aromatic heterocycles. The smallest absolute Gasteiger partial charge is 0.410 e. The Kier molecular flexibility index (Phi) is 6.78. The number of benzene rings is 1. The van der Waals surface area contributed by atoms with E-state index >= 15 is 0 Å². The molecule has 1 saturated carbocycles. The maximum atomic E-state index is 12.6. The largest absolute Gasteiger partial charge is 0.493 e. The molecule has 1 aliphatic heterocycles. The lowest BCUT2D eigenvalue weighted by atomic mass is 9.89. The average Bonchev–Trinajstić information content (AvgIpc) is 3.36. The molecule has 0 N–H and O–H groups in total. The van der Waals surface area contributed by atoms with Gasteiger partial charge < -0.3 is 23.8 Å². The number of carbonyl (C=O) groups excluding carboxylic acids is 2. The standard InChI is InChI=1S/C23H33NO6/c1-23(2,3)30-22(26)24-13-17(18(14-24)21(25)28-5)15-10-11-19(27-4)20(12-15)29-16-8-6-7-9-16/h10-12,16-18H,6-9,13-14H2,1-5H3/t17-,18?/m0/s1. The minimum atomic E-state index is -0.599. The first-order valence-corrected chi connectivity index (χ1v) is 10.6. The summed E-state index contributed by atoms with van der Waals surface area (Å²) in [4.78, 5) is 26.7. The van der Waals surface area contributed by atoms with Crippen LogP contribution < -0.4 is 9.47 Å². The van der Waals surface area contributed by atoms with E-state index in [1.165, 1.54) is 20.0 Å². The quantitative estimate of drug-likeness (QED) is 0.668. The van der Waals surface area contributed by atoms with Crippen LogP contribution in [0.5, 0.6) is 11.5 Å². The van der Waals surface area contributed by atoms with Crippen molar-refractivity contribution in [1.82, 2.24) is 4.90 Å². The summed E-state index contributed by atoms with van der Waals surface area (Å²) < 4.78 is 22.2. The van der Waals surface area contributed by atoms with Crippen LogP contribution in [0.1, 0.15) is 57.9 Å². The van der Waals surface area contributed by atoms with Gasteiger partial charge in [0.15, 0.2) is 11.5 Å². The topological polar surface area (TPSA) is 74.3 Å². The number of likely N-dealkylation sites (tertiary alicyclic amines) is 1. The molecule has 166 valence electrons. The number of amides is 1. The zero-order chi connectivity index (χ0) is 21.9. The van der Waals surface area contributed by atoms with E-state index in [-0.39, 0.29) is 24.5 Å². The SMILES string of the molecule is COC(=O)C1CN(C(=O)OC(C)(C)C)C[C@H]1c1ccc(OC)c(OC2CCCC2)c1. The number of ether oxygens (including phenoxy) is 4. The van der Waals surface area contributed by atoms with Gasteiger partial charge in [-0.3, -0.25) is 4.79 Å². The van der Waals surface area contributed by atoms with Crippen LogP contribution in [0.2, 0.25) is 0 Å². The lowest BCUT2D eigenvalue weighted by Gasteiger charge is -2.24. The van der Waals surface area contributed by atoms with Crippen molar-refractivity contribution in [3.63, 3.8) is 0 Å². The van der Waals surface area contributed by atoms with Gasteiger partial charge in [0, 0.05) is 19.0 Å². The maximum Gasteiger partial charge on any atom is 0.410 e. The average molecular weight is 420 g/mol. The molecule has 1 unspecified atom stereocenters. The summed E-state index contributed by atoms with van der Waals surface area (Å²) in [5.41, 5.74) is 0.323. The van der Waals surface area contributed by atoms with Crippen LogP contribution >= 0.6 is 0 Å². The van der Waals surface area contributed by atoms with Crippen molar-refractivity contribution in [2.75, 3.05) is 27.3 Å². The van der Waals surface area contributed by atoms with Gasteiger partial charge in [-0.1, -0.05) is 6.07 Å². The molecule has 30 heavy (non-hydrogen) atoms. The van der Waals surface area contributed by atoms with Gasteiger partial charge in [-0.15, -0.1) is 0 Å². The Labute approximate surface area is 178 Å². The zero-order valence-electron chi connectivity index (χ0n) is 18.6. The van der Waals surface area contributed by atoms with E-state index in [0.717, 1.165) is 18.4 Å². The highest BCUT2D eigenvalue weighted by atomic mass is 16.6. The van der Waals surface area contributed by atoms with E-state index < -0.39 is 17.6 Å². The summed E-state index contributed by atoms with van der Waals surface area (Å²) in [5, 5.41) is 0. The fourth-order valence-corrected chi connectivity index (χ4v) is 4.21. The zero-order valence-corrected chi connectivity index (χ0v) is 18.6. The second kappa shape index (κ2) is 9.14. The van der Waals surface area contributed by atoms with Crippen molar-refractivity contribution in [2.45, 2.75) is 64.1 Å². The Hall–Kier alpha value is -2.44. The molecule has 0 spiro atoms. The van der Waals surface area contributed by atoms with Crippen molar-refractivity contribution in [3.05, 3.63) is 23.8 Å². The summed E-state index contributed by atoms with van der Waals surface area (Å²) in [6.07, 6.45) is 4.18. The Bertz CT molecular complexity index is 765. The van der Waals surface area contributed by atoms with Gasteiger partial charge in [-0.2, -0.15) is 0 Å². The molecule has 1 heterocycles. The highest BCUT2D eigenvalue weighted by Crippen LogP contribution is 2.39. The number of nitrogens with zero attached hydrogens (tertiary/aromatic N) is 1. The summed E-state index contributed by atoms with van der Waals surface area (Å²) >= 11 is 0. The van der Waals surface area contributed by atoms with Crippen LogP contribution in [0, 0.1) is 5.92 Å². The molecule has 1 amide bonds. The van der Waals surface area contributed by atoms with Gasteiger partial charge in [0.25, 0.3) is 0 Å². The Morgan fingerprint density at radius 3 is 2.33 bits per heavy atom.